The van der Waals surface area contributed by atoms with Crippen LogP contribution in [0.3, 0.4) is 0 Å². The first-order valence-corrected chi connectivity index (χ1v) is 10.2. The Labute approximate surface area is 131 Å². The lowest BCUT2D eigenvalue weighted by atomic mass is 9.71. The van der Waals surface area contributed by atoms with Crippen molar-refractivity contribution in [2.24, 2.45) is 11.3 Å². The van der Waals surface area contributed by atoms with Crippen LogP contribution in [0.1, 0.15) is 59.8 Å². The van der Waals surface area contributed by atoms with Gasteiger partial charge in [-0.2, -0.15) is 0 Å². The summed E-state index contributed by atoms with van der Waals surface area (Å²) in [5.74, 6) is 0.844. The van der Waals surface area contributed by atoms with Gasteiger partial charge < -0.3 is 5.32 Å². The fourth-order valence-electron chi connectivity index (χ4n) is 3.28. The summed E-state index contributed by atoms with van der Waals surface area (Å²) in [5, 5.41) is 3.60. The smallest absolute Gasteiger partial charge is 0.211 e. The van der Waals surface area contributed by atoms with Gasteiger partial charge in [-0.05, 0) is 50.0 Å². The molecule has 0 aromatic rings. The molecule has 0 radical (unpaired) electrons. The quantitative estimate of drug-likeness (QED) is 0.734. The Hall–Kier alpha value is -0.130. The third kappa shape index (κ3) is 6.66. The van der Waals surface area contributed by atoms with E-state index >= 15 is 0 Å². The zero-order valence-electron chi connectivity index (χ0n) is 14.5. The Bertz CT molecular complexity index is 393. The molecule has 1 aliphatic rings. The van der Waals surface area contributed by atoms with Gasteiger partial charge in [-0.25, -0.2) is 12.7 Å². The number of sulfonamides is 1. The number of hydrogen-bond acceptors (Lipinski definition) is 3. The van der Waals surface area contributed by atoms with E-state index in [1.165, 1.54) is 31.9 Å². The third-order valence-electron chi connectivity index (χ3n) is 4.79. The van der Waals surface area contributed by atoms with Crippen LogP contribution in [0.5, 0.6) is 0 Å². The van der Waals surface area contributed by atoms with E-state index < -0.39 is 10.0 Å². The summed E-state index contributed by atoms with van der Waals surface area (Å²) in [6, 6.07) is 0.622. The molecule has 1 aliphatic carbocycles. The number of nitrogens with one attached hydrogen (secondary N) is 1. The minimum Gasteiger partial charge on any atom is -0.314 e. The molecule has 0 heterocycles. The van der Waals surface area contributed by atoms with E-state index in [-0.39, 0.29) is 0 Å². The molecule has 0 atom stereocenters. The first kappa shape index (κ1) is 18.9. The van der Waals surface area contributed by atoms with Crippen molar-refractivity contribution in [2.75, 3.05) is 25.9 Å². The van der Waals surface area contributed by atoms with Crippen LogP contribution >= 0.6 is 0 Å². The van der Waals surface area contributed by atoms with E-state index in [1.54, 1.807) is 4.31 Å². The summed E-state index contributed by atoms with van der Waals surface area (Å²) >= 11 is 0. The van der Waals surface area contributed by atoms with Gasteiger partial charge in [-0.3, -0.25) is 0 Å². The Morgan fingerprint density at radius 1 is 1.14 bits per heavy atom. The third-order valence-corrected chi connectivity index (χ3v) is 6.17. The predicted molar refractivity (Wildman–Crippen MR) is 89.9 cm³/mol. The van der Waals surface area contributed by atoms with Crippen LogP contribution in [-0.4, -0.2) is 44.7 Å². The summed E-state index contributed by atoms with van der Waals surface area (Å²) in [4.78, 5) is 0. The van der Waals surface area contributed by atoms with Crippen molar-refractivity contribution in [3.8, 4) is 0 Å². The average molecular weight is 319 g/mol. The summed E-state index contributed by atoms with van der Waals surface area (Å²) < 4.78 is 24.5. The van der Waals surface area contributed by atoms with Gasteiger partial charge in [0.05, 0.1) is 6.26 Å². The van der Waals surface area contributed by atoms with Crippen molar-refractivity contribution < 1.29 is 8.42 Å². The maximum Gasteiger partial charge on any atom is 0.211 e. The lowest BCUT2D eigenvalue weighted by Crippen LogP contribution is -2.38. The molecule has 1 fully saturated rings. The molecule has 5 heteroatoms. The first-order chi connectivity index (χ1) is 9.64. The van der Waals surface area contributed by atoms with Gasteiger partial charge in [-0.15, -0.1) is 0 Å². The fourth-order valence-corrected chi connectivity index (χ4v) is 4.21. The van der Waals surface area contributed by atoms with E-state index in [4.69, 9.17) is 0 Å². The van der Waals surface area contributed by atoms with Crippen LogP contribution in [0.2, 0.25) is 0 Å². The second kappa shape index (κ2) is 7.93. The van der Waals surface area contributed by atoms with Crippen LogP contribution in [0.25, 0.3) is 0 Å². The molecule has 0 aromatic heterocycles. The molecule has 0 bridgehead atoms. The Kier molecular flexibility index (Phi) is 7.14. The highest BCUT2D eigenvalue weighted by Crippen LogP contribution is 2.37. The molecule has 1 saturated carbocycles. The Balaban J connectivity index is 2.21. The lowest BCUT2D eigenvalue weighted by molar-refractivity contribution is 0.160. The van der Waals surface area contributed by atoms with Crippen molar-refractivity contribution in [2.45, 2.75) is 65.8 Å². The monoisotopic (exact) mass is 318 g/mol. The molecule has 21 heavy (non-hydrogen) atoms. The molecular formula is C16H34N2O2S. The van der Waals surface area contributed by atoms with E-state index in [1.807, 2.05) is 6.92 Å². The van der Waals surface area contributed by atoms with Crippen LogP contribution < -0.4 is 5.32 Å². The minimum absolute atomic E-state index is 0.433. The summed E-state index contributed by atoms with van der Waals surface area (Å²) in [5.41, 5.74) is 0.433. The molecule has 4 nitrogen and oxygen atoms in total. The van der Waals surface area contributed by atoms with Crippen LogP contribution in [0.4, 0.5) is 0 Å². The highest BCUT2D eigenvalue weighted by atomic mass is 32.2. The van der Waals surface area contributed by atoms with Gasteiger partial charge in [0.15, 0.2) is 0 Å². The van der Waals surface area contributed by atoms with Gasteiger partial charge in [0.2, 0.25) is 10.0 Å². The molecule has 1 rings (SSSR count). The highest BCUT2D eigenvalue weighted by molar-refractivity contribution is 7.88. The number of nitrogens with zero attached hydrogens (tertiary/aromatic N) is 1. The number of hydrogen-bond donors (Lipinski definition) is 1. The van der Waals surface area contributed by atoms with E-state index in [2.05, 4.69) is 26.1 Å². The molecule has 0 aromatic carbocycles. The van der Waals surface area contributed by atoms with Crippen LogP contribution in [-0.2, 0) is 10.0 Å². The molecule has 1 N–H and O–H groups in total. The van der Waals surface area contributed by atoms with E-state index in [0.29, 0.717) is 24.5 Å². The van der Waals surface area contributed by atoms with Gasteiger partial charge in [0.25, 0.3) is 0 Å². The second-order valence-corrected chi connectivity index (χ2v) is 9.46. The highest BCUT2D eigenvalue weighted by Gasteiger charge is 2.29. The zero-order valence-corrected chi connectivity index (χ0v) is 15.3. The van der Waals surface area contributed by atoms with Crippen LogP contribution in [0, 0.1) is 11.3 Å². The lowest BCUT2D eigenvalue weighted by Gasteiger charge is -2.37. The fraction of sp³-hybridized carbons (Fsp3) is 1.00. The molecule has 0 aliphatic heterocycles. The molecular weight excluding hydrogens is 284 g/mol. The number of rotatable bonds is 7. The molecule has 126 valence electrons. The average Bonchev–Trinajstić information content (AvgIpc) is 2.36. The minimum atomic E-state index is -3.04. The maximum atomic E-state index is 11.5. The van der Waals surface area contributed by atoms with Crippen molar-refractivity contribution >= 4 is 10.0 Å². The molecule has 0 amide bonds. The molecule has 0 spiro atoms. The van der Waals surface area contributed by atoms with Gasteiger partial charge >= 0.3 is 0 Å². The summed E-state index contributed by atoms with van der Waals surface area (Å²) in [7, 11) is -3.04. The van der Waals surface area contributed by atoms with Crippen molar-refractivity contribution in [1.82, 2.24) is 9.62 Å². The summed E-state index contributed by atoms with van der Waals surface area (Å²) in [6.07, 6.45) is 7.31. The van der Waals surface area contributed by atoms with E-state index in [0.717, 1.165) is 18.9 Å². The zero-order chi connectivity index (χ0) is 16.1. The Morgan fingerprint density at radius 3 is 2.14 bits per heavy atom. The van der Waals surface area contributed by atoms with Crippen LogP contribution in [0.15, 0.2) is 0 Å². The second-order valence-electron chi connectivity index (χ2n) is 7.48. The standard InChI is InChI=1S/C16H34N2O2S/c1-6-18(21(5,19)20)13-7-12-17-15-10-8-14(9-11-15)16(2,3)4/h14-15,17H,6-13H2,1-5H3. The van der Waals surface area contributed by atoms with Gasteiger partial charge in [0.1, 0.15) is 0 Å². The molecule has 0 saturated heterocycles. The summed E-state index contributed by atoms with van der Waals surface area (Å²) in [6.45, 7) is 11.0. The van der Waals surface area contributed by atoms with Crippen molar-refractivity contribution in [1.29, 1.82) is 0 Å². The largest absolute Gasteiger partial charge is 0.314 e. The van der Waals surface area contributed by atoms with Crippen molar-refractivity contribution in [3.05, 3.63) is 0 Å². The molecule has 0 unspecified atom stereocenters. The normalized spacial score (nSPS) is 24.5. The van der Waals surface area contributed by atoms with Crippen molar-refractivity contribution in [3.63, 3.8) is 0 Å². The first-order valence-electron chi connectivity index (χ1n) is 8.33. The van der Waals surface area contributed by atoms with Gasteiger partial charge in [-0.1, -0.05) is 27.7 Å². The maximum absolute atomic E-state index is 11.5. The Morgan fingerprint density at radius 2 is 1.71 bits per heavy atom. The van der Waals surface area contributed by atoms with Gasteiger partial charge in [0, 0.05) is 19.1 Å². The van der Waals surface area contributed by atoms with E-state index in [9.17, 15) is 8.42 Å². The predicted octanol–water partition coefficient (Wildman–Crippen LogP) is 2.85. The topological polar surface area (TPSA) is 49.4 Å². The SMILES string of the molecule is CCN(CCCNC1CCC(C(C)(C)C)CC1)S(C)(=O)=O.